The van der Waals surface area contributed by atoms with Crippen LogP contribution in [0.4, 0.5) is 0 Å². The summed E-state index contributed by atoms with van der Waals surface area (Å²) in [7, 11) is 0. The maximum atomic E-state index is 11.7. The van der Waals surface area contributed by atoms with Gasteiger partial charge < -0.3 is 10.4 Å². The highest BCUT2D eigenvalue weighted by molar-refractivity contribution is 7.99. The summed E-state index contributed by atoms with van der Waals surface area (Å²) in [4.78, 5) is 23.9. The first-order valence-corrected chi connectivity index (χ1v) is 8.29. The molecule has 1 aromatic heterocycles. The summed E-state index contributed by atoms with van der Waals surface area (Å²) >= 11 is 3.16. The number of hydrogen-bond acceptors (Lipinski definition) is 4. The van der Waals surface area contributed by atoms with Crippen molar-refractivity contribution in [3.05, 3.63) is 22.4 Å². The molecule has 0 spiro atoms. The van der Waals surface area contributed by atoms with E-state index in [0.29, 0.717) is 12.2 Å². The molecule has 1 amide bonds. The van der Waals surface area contributed by atoms with E-state index in [1.54, 1.807) is 11.3 Å². The first-order chi connectivity index (χ1) is 9.13. The van der Waals surface area contributed by atoms with Crippen molar-refractivity contribution in [2.24, 2.45) is 0 Å². The third-order valence-corrected chi connectivity index (χ3v) is 4.58. The molecule has 0 aromatic carbocycles. The topological polar surface area (TPSA) is 66.4 Å². The summed E-state index contributed by atoms with van der Waals surface area (Å²) in [5.74, 6) is -0.0684. The number of carboxylic acids is 1. The van der Waals surface area contributed by atoms with Gasteiger partial charge in [0, 0.05) is 10.6 Å². The van der Waals surface area contributed by atoms with Gasteiger partial charge in [-0.2, -0.15) is 0 Å². The Labute approximate surface area is 121 Å². The van der Waals surface area contributed by atoms with Gasteiger partial charge in [0.1, 0.15) is 6.04 Å². The summed E-state index contributed by atoms with van der Waals surface area (Å²) < 4.78 is 0. The van der Waals surface area contributed by atoms with Crippen LogP contribution in [-0.4, -0.2) is 28.8 Å². The predicted octanol–water partition coefficient (Wildman–Crippen LogP) is 2.74. The second-order valence-electron chi connectivity index (χ2n) is 4.17. The highest BCUT2D eigenvalue weighted by Gasteiger charge is 2.18. The van der Waals surface area contributed by atoms with Gasteiger partial charge in [-0.25, -0.2) is 4.79 Å². The minimum Gasteiger partial charge on any atom is -0.480 e. The number of carbonyl (C=O) groups is 2. The number of aliphatic carboxylic acids is 1. The average Bonchev–Trinajstić information content (AvgIpc) is 2.87. The van der Waals surface area contributed by atoms with Crippen LogP contribution >= 0.6 is 23.1 Å². The quantitative estimate of drug-likeness (QED) is 0.736. The molecular formula is C13H19NO3S2. The Morgan fingerprint density at radius 2 is 2.32 bits per heavy atom. The molecule has 1 unspecified atom stereocenters. The lowest BCUT2D eigenvalue weighted by Crippen LogP contribution is -2.41. The molecule has 0 fully saturated rings. The third-order valence-electron chi connectivity index (χ3n) is 2.54. The standard InChI is InChI=1S/C13H19NO3S2/c1-2-3-6-11(13(16)17)14-12(15)9-18-8-10-5-4-7-19-10/h4-5,7,11H,2-3,6,8-9H2,1H3,(H,14,15)(H,16,17). The van der Waals surface area contributed by atoms with E-state index in [9.17, 15) is 9.59 Å². The van der Waals surface area contributed by atoms with Crippen molar-refractivity contribution in [3.8, 4) is 0 Å². The number of hydrogen-bond donors (Lipinski definition) is 2. The Kier molecular flexibility index (Phi) is 7.59. The lowest BCUT2D eigenvalue weighted by molar-refractivity contribution is -0.141. The molecule has 0 radical (unpaired) electrons. The van der Waals surface area contributed by atoms with Gasteiger partial charge in [-0.15, -0.1) is 23.1 Å². The zero-order valence-electron chi connectivity index (χ0n) is 10.9. The molecule has 0 bridgehead atoms. The van der Waals surface area contributed by atoms with Crippen molar-refractivity contribution in [3.63, 3.8) is 0 Å². The van der Waals surface area contributed by atoms with Crippen LogP contribution in [0.2, 0.25) is 0 Å². The van der Waals surface area contributed by atoms with Crippen molar-refractivity contribution in [2.75, 3.05) is 5.75 Å². The number of thiophene rings is 1. The van der Waals surface area contributed by atoms with Crippen molar-refractivity contribution in [1.82, 2.24) is 5.32 Å². The first kappa shape index (κ1) is 16.0. The number of rotatable bonds is 9. The Morgan fingerprint density at radius 3 is 2.89 bits per heavy atom. The molecule has 1 atom stereocenters. The fourth-order valence-electron chi connectivity index (χ4n) is 1.54. The second kappa shape index (κ2) is 8.98. The summed E-state index contributed by atoms with van der Waals surface area (Å²) in [6, 6.07) is 3.25. The first-order valence-electron chi connectivity index (χ1n) is 6.25. The minimum atomic E-state index is -0.954. The molecule has 4 nitrogen and oxygen atoms in total. The Morgan fingerprint density at radius 1 is 1.53 bits per heavy atom. The molecule has 0 saturated heterocycles. The van der Waals surface area contributed by atoms with Gasteiger partial charge in [0.05, 0.1) is 5.75 Å². The van der Waals surface area contributed by atoms with E-state index in [4.69, 9.17) is 5.11 Å². The van der Waals surface area contributed by atoms with Gasteiger partial charge in [-0.3, -0.25) is 4.79 Å². The van der Waals surface area contributed by atoms with E-state index < -0.39 is 12.0 Å². The van der Waals surface area contributed by atoms with E-state index >= 15 is 0 Å². The average molecular weight is 301 g/mol. The van der Waals surface area contributed by atoms with Gasteiger partial charge in [0.15, 0.2) is 0 Å². The van der Waals surface area contributed by atoms with Crippen LogP contribution in [0.5, 0.6) is 0 Å². The van der Waals surface area contributed by atoms with E-state index in [1.165, 1.54) is 16.6 Å². The Hall–Kier alpha value is -1.01. The van der Waals surface area contributed by atoms with E-state index in [1.807, 2.05) is 24.4 Å². The van der Waals surface area contributed by atoms with Crippen LogP contribution in [0.15, 0.2) is 17.5 Å². The highest BCUT2D eigenvalue weighted by atomic mass is 32.2. The van der Waals surface area contributed by atoms with Crippen molar-refractivity contribution >= 4 is 35.0 Å². The third kappa shape index (κ3) is 6.63. The van der Waals surface area contributed by atoms with E-state index in [2.05, 4.69) is 5.32 Å². The monoisotopic (exact) mass is 301 g/mol. The molecule has 1 rings (SSSR count). The summed E-state index contributed by atoms with van der Waals surface area (Å²) in [5.41, 5.74) is 0. The molecule has 0 aliphatic heterocycles. The molecule has 0 aliphatic rings. The number of carboxylic acid groups (broad SMARTS) is 1. The highest BCUT2D eigenvalue weighted by Crippen LogP contribution is 2.16. The van der Waals surface area contributed by atoms with E-state index in [0.717, 1.165) is 18.6 Å². The van der Waals surface area contributed by atoms with Crippen LogP contribution in [-0.2, 0) is 15.3 Å². The molecule has 0 aliphatic carbocycles. The van der Waals surface area contributed by atoms with Crippen LogP contribution in [0.1, 0.15) is 31.1 Å². The normalized spacial score (nSPS) is 12.1. The smallest absolute Gasteiger partial charge is 0.326 e. The predicted molar refractivity (Wildman–Crippen MR) is 79.6 cm³/mol. The van der Waals surface area contributed by atoms with Crippen LogP contribution in [0.3, 0.4) is 0 Å². The molecule has 1 aromatic rings. The van der Waals surface area contributed by atoms with E-state index in [-0.39, 0.29) is 5.91 Å². The number of unbranched alkanes of at least 4 members (excludes halogenated alkanes) is 1. The molecule has 6 heteroatoms. The van der Waals surface area contributed by atoms with Gasteiger partial charge in [0.2, 0.25) is 5.91 Å². The maximum absolute atomic E-state index is 11.7. The molecule has 1 heterocycles. The van der Waals surface area contributed by atoms with Gasteiger partial charge in [-0.1, -0.05) is 25.8 Å². The number of carbonyl (C=O) groups excluding carboxylic acids is 1. The number of thioether (sulfide) groups is 1. The largest absolute Gasteiger partial charge is 0.480 e. The zero-order valence-corrected chi connectivity index (χ0v) is 12.6. The fourth-order valence-corrected chi connectivity index (χ4v) is 3.22. The lowest BCUT2D eigenvalue weighted by atomic mass is 10.1. The summed E-state index contributed by atoms with van der Waals surface area (Å²) in [5, 5.41) is 13.6. The van der Waals surface area contributed by atoms with Crippen molar-refractivity contribution in [1.29, 1.82) is 0 Å². The van der Waals surface area contributed by atoms with Gasteiger partial charge >= 0.3 is 5.97 Å². The van der Waals surface area contributed by atoms with Crippen molar-refractivity contribution in [2.45, 2.75) is 38.0 Å². The Bertz CT molecular complexity index is 393. The summed E-state index contributed by atoms with van der Waals surface area (Å²) in [6.45, 7) is 2.00. The molecular weight excluding hydrogens is 282 g/mol. The Balaban J connectivity index is 2.25. The molecule has 106 valence electrons. The van der Waals surface area contributed by atoms with Gasteiger partial charge in [0.25, 0.3) is 0 Å². The number of amides is 1. The second-order valence-corrected chi connectivity index (χ2v) is 6.19. The summed E-state index contributed by atoms with van der Waals surface area (Å²) in [6.07, 6.45) is 2.22. The molecule has 2 N–H and O–H groups in total. The molecule has 19 heavy (non-hydrogen) atoms. The maximum Gasteiger partial charge on any atom is 0.326 e. The van der Waals surface area contributed by atoms with Gasteiger partial charge in [-0.05, 0) is 17.9 Å². The zero-order chi connectivity index (χ0) is 14.1. The van der Waals surface area contributed by atoms with Crippen LogP contribution < -0.4 is 5.32 Å². The minimum absolute atomic E-state index is 0.204. The fraction of sp³-hybridized carbons (Fsp3) is 0.538. The number of nitrogens with one attached hydrogen (secondary N) is 1. The lowest BCUT2D eigenvalue weighted by Gasteiger charge is -2.13. The SMILES string of the molecule is CCCCC(NC(=O)CSCc1cccs1)C(=O)O. The van der Waals surface area contributed by atoms with Crippen LogP contribution in [0, 0.1) is 0 Å². The van der Waals surface area contributed by atoms with Crippen molar-refractivity contribution < 1.29 is 14.7 Å². The van der Waals surface area contributed by atoms with Crippen LogP contribution in [0.25, 0.3) is 0 Å². The molecule has 0 saturated carbocycles.